The Morgan fingerprint density at radius 3 is 2.00 bits per heavy atom. The van der Waals surface area contributed by atoms with Gasteiger partial charge < -0.3 is 15.3 Å². The minimum Gasteiger partial charge on any atom is -0.481 e. The van der Waals surface area contributed by atoms with Gasteiger partial charge in [-0.1, -0.05) is 13.8 Å². The highest BCUT2D eigenvalue weighted by molar-refractivity contribution is 5.75. The van der Waals surface area contributed by atoms with Crippen LogP contribution >= 0.6 is 0 Å². The smallest absolute Gasteiger partial charge is 0.307 e. The zero-order chi connectivity index (χ0) is 8.81. The van der Waals surface area contributed by atoms with E-state index in [4.69, 9.17) is 15.3 Å². The molecule has 1 aliphatic rings. The molecule has 0 spiro atoms. The number of hydrogen-bond acceptors (Lipinski definition) is 3. The van der Waals surface area contributed by atoms with Crippen molar-refractivity contribution in [1.82, 2.24) is 0 Å². The molecule has 1 saturated carbocycles. The summed E-state index contributed by atoms with van der Waals surface area (Å²) in [5, 5.41) is 26.1. The summed E-state index contributed by atoms with van der Waals surface area (Å²) in [5.74, 6) is -2.07. The number of carbonyl (C=O) groups is 1. The fourth-order valence-electron chi connectivity index (χ4n) is 1.71. The Bertz CT molecular complexity index is 185. The standard InChI is InChI=1S/C7H12O4/c1-7(2)3(5(8)9)4(7)6(10)11/h3-5,8-9H,1-2H3,(H,10,11)/t3-,4+/m1/s1. The van der Waals surface area contributed by atoms with Crippen molar-refractivity contribution in [2.24, 2.45) is 17.3 Å². The van der Waals surface area contributed by atoms with Crippen molar-refractivity contribution in [2.45, 2.75) is 20.1 Å². The number of rotatable bonds is 2. The van der Waals surface area contributed by atoms with Crippen molar-refractivity contribution in [3.63, 3.8) is 0 Å². The molecule has 3 N–H and O–H groups in total. The summed E-state index contributed by atoms with van der Waals surface area (Å²) < 4.78 is 0. The molecule has 0 saturated heterocycles. The Kier molecular flexibility index (Phi) is 1.69. The lowest BCUT2D eigenvalue weighted by Gasteiger charge is -2.02. The molecule has 0 bridgehead atoms. The first-order chi connectivity index (χ1) is 4.89. The number of carboxylic acid groups (broad SMARTS) is 1. The van der Waals surface area contributed by atoms with E-state index >= 15 is 0 Å². The molecule has 64 valence electrons. The first-order valence-electron chi connectivity index (χ1n) is 3.48. The summed E-state index contributed by atoms with van der Waals surface area (Å²) in [6.45, 7) is 3.44. The molecule has 0 aromatic carbocycles. The summed E-state index contributed by atoms with van der Waals surface area (Å²) in [5.41, 5.74) is -0.472. The summed E-state index contributed by atoms with van der Waals surface area (Å²) in [6.07, 6.45) is -1.51. The second-order valence-electron chi connectivity index (χ2n) is 3.58. The zero-order valence-electron chi connectivity index (χ0n) is 6.48. The van der Waals surface area contributed by atoms with Gasteiger partial charge in [0, 0.05) is 5.92 Å². The van der Waals surface area contributed by atoms with Gasteiger partial charge >= 0.3 is 5.97 Å². The second-order valence-corrected chi connectivity index (χ2v) is 3.58. The Hall–Kier alpha value is -0.610. The highest BCUT2D eigenvalue weighted by Gasteiger charge is 2.65. The van der Waals surface area contributed by atoms with Gasteiger partial charge in [0.05, 0.1) is 5.92 Å². The van der Waals surface area contributed by atoms with Crippen LogP contribution in [-0.2, 0) is 4.79 Å². The van der Waals surface area contributed by atoms with Crippen molar-refractivity contribution in [2.75, 3.05) is 0 Å². The van der Waals surface area contributed by atoms with Gasteiger partial charge in [0.1, 0.15) is 0 Å². The number of aliphatic hydroxyl groups excluding tert-OH is 1. The summed E-state index contributed by atoms with van der Waals surface area (Å²) in [4.78, 5) is 10.5. The van der Waals surface area contributed by atoms with Gasteiger partial charge in [-0.05, 0) is 5.41 Å². The molecule has 2 atom stereocenters. The Balaban J connectivity index is 2.68. The average Bonchev–Trinajstić information content (AvgIpc) is 2.33. The lowest BCUT2D eigenvalue weighted by Crippen LogP contribution is -2.12. The minimum absolute atomic E-state index is 0.472. The molecule has 0 aliphatic heterocycles. The highest BCUT2D eigenvalue weighted by atomic mass is 16.5. The third-order valence-corrected chi connectivity index (χ3v) is 2.50. The highest BCUT2D eigenvalue weighted by Crippen LogP contribution is 2.59. The van der Waals surface area contributed by atoms with Crippen molar-refractivity contribution in [3.05, 3.63) is 0 Å². The number of hydrogen-bond donors (Lipinski definition) is 3. The molecule has 4 heteroatoms. The molecule has 1 aliphatic carbocycles. The fourth-order valence-corrected chi connectivity index (χ4v) is 1.71. The van der Waals surface area contributed by atoms with Crippen molar-refractivity contribution >= 4 is 5.97 Å². The maximum atomic E-state index is 10.5. The number of aliphatic carboxylic acids is 1. The molecule has 1 fully saturated rings. The van der Waals surface area contributed by atoms with Crippen molar-refractivity contribution < 1.29 is 20.1 Å². The molecule has 4 nitrogen and oxygen atoms in total. The molecule has 0 heterocycles. The fraction of sp³-hybridized carbons (Fsp3) is 0.857. The van der Waals surface area contributed by atoms with Crippen LogP contribution in [0.15, 0.2) is 0 Å². The predicted octanol–water partition coefficient (Wildman–Crippen LogP) is -0.346. The lowest BCUT2D eigenvalue weighted by atomic mass is 10.1. The molecule has 11 heavy (non-hydrogen) atoms. The zero-order valence-corrected chi connectivity index (χ0v) is 6.48. The van der Waals surface area contributed by atoms with Gasteiger partial charge in [0.25, 0.3) is 0 Å². The van der Waals surface area contributed by atoms with Crippen molar-refractivity contribution in [1.29, 1.82) is 0 Å². The van der Waals surface area contributed by atoms with Crippen LogP contribution in [0.3, 0.4) is 0 Å². The first-order valence-corrected chi connectivity index (χ1v) is 3.48. The number of carboxylic acids is 1. The third kappa shape index (κ3) is 1.12. The molecule has 1 rings (SSSR count). The Labute approximate surface area is 64.5 Å². The summed E-state index contributed by atoms with van der Waals surface area (Å²) >= 11 is 0. The van der Waals surface area contributed by atoms with Gasteiger partial charge in [-0.3, -0.25) is 4.79 Å². The quantitative estimate of drug-likeness (QED) is 0.483. The van der Waals surface area contributed by atoms with E-state index < -0.39 is 29.5 Å². The van der Waals surface area contributed by atoms with Gasteiger partial charge in [-0.25, -0.2) is 0 Å². The SMILES string of the molecule is CC1(C)[C@H](C(=O)O)[C@@H]1C(O)O. The van der Waals surface area contributed by atoms with E-state index in [2.05, 4.69) is 0 Å². The van der Waals surface area contributed by atoms with Crippen LogP contribution < -0.4 is 0 Å². The van der Waals surface area contributed by atoms with E-state index in [1.165, 1.54) is 0 Å². The average molecular weight is 160 g/mol. The van der Waals surface area contributed by atoms with E-state index in [-0.39, 0.29) is 0 Å². The minimum atomic E-state index is -1.51. The van der Waals surface area contributed by atoms with E-state index in [9.17, 15) is 4.79 Å². The molecular weight excluding hydrogens is 148 g/mol. The van der Waals surface area contributed by atoms with Crippen LogP contribution in [0.1, 0.15) is 13.8 Å². The monoisotopic (exact) mass is 160 g/mol. The van der Waals surface area contributed by atoms with Gasteiger partial charge in [0.15, 0.2) is 6.29 Å². The first kappa shape index (κ1) is 8.49. The van der Waals surface area contributed by atoms with E-state index in [0.29, 0.717) is 0 Å². The van der Waals surface area contributed by atoms with Crippen LogP contribution in [0.4, 0.5) is 0 Å². The topological polar surface area (TPSA) is 77.8 Å². The maximum Gasteiger partial charge on any atom is 0.307 e. The van der Waals surface area contributed by atoms with Crippen LogP contribution in [0.5, 0.6) is 0 Å². The van der Waals surface area contributed by atoms with E-state index in [0.717, 1.165) is 0 Å². The normalized spacial score (nSPS) is 33.9. The van der Waals surface area contributed by atoms with E-state index in [1.807, 2.05) is 0 Å². The van der Waals surface area contributed by atoms with E-state index in [1.54, 1.807) is 13.8 Å². The molecule has 0 aromatic rings. The third-order valence-electron chi connectivity index (χ3n) is 2.50. The summed E-state index contributed by atoms with van der Waals surface area (Å²) in [7, 11) is 0. The predicted molar refractivity (Wildman–Crippen MR) is 36.6 cm³/mol. The Morgan fingerprint density at radius 2 is 1.91 bits per heavy atom. The second kappa shape index (κ2) is 2.19. The van der Waals surface area contributed by atoms with Crippen molar-refractivity contribution in [3.8, 4) is 0 Å². The molecule has 0 amide bonds. The van der Waals surface area contributed by atoms with Crippen LogP contribution in [0.25, 0.3) is 0 Å². The van der Waals surface area contributed by atoms with Gasteiger partial charge in [-0.2, -0.15) is 0 Å². The van der Waals surface area contributed by atoms with Crippen LogP contribution in [-0.4, -0.2) is 27.6 Å². The van der Waals surface area contributed by atoms with Crippen LogP contribution in [0.2, 0.25) is 0 Å². The van der Waals surface area contributed by atoms with Crippen LogP contribution in [0, 0.1) is 17.3 Å². The summed E-state index contributed by atoms with van der Waals surface area (Å²) in [6, 6.07) is 0. The lowest BCUT2D eigenvalue weighted by molar-refractivity contribution is -0.141. The molecule has 0 unspecified atom stereocenters. The van der Waals surface area contributed by atoms with Gasteiger partial charge in [-0.15, -0.1) is 0 Å². The van der Waals surface area contributed by atoms with Gasteiger partial charge in [0.2, 0.25) is 0 Å². The maximum absolute atomic E-state index is 10.5. The largest absolute Gasteiger partial charge is 0.481 e. The number of aliphatic hydroxyl groups is 2. The molecule has 0 radical (unpaired) electrons. The molecular formula is C7H12O4. The molecule has 0 aromatic heterocycles. The Morgan fingerprint density at radius 1 is 1.45 bits per heavy atom.